The highest BCUT2D eigenvalue weighted by atomic mass is 19.2. The standard InChI is InChI=1S/C21H28F2N6O/c1-28(2)19-12-18(26-21(27-19)29(3)4)24-14-6-8-15(9-7-14)25-20(30)13-5-10-16(22)17(23)11-13/h5,10-12,14-15H,6-9H2,1-4H3,(H,25,30)(H,24,26,27). The van der Waals surface area contributed by atoms with Crippen LogP contribution in [0.1, 0.15) is 36.0 Å². The Morgan fingerprint density at radius 3 is 2.20 bits per heavy atom. The topological polar surface area (TPSA) is 73.4 Å². The van der Waals surface area contributed by atoms with E-state index in [0.717, 1.165) is 49.5 Å². The van der Waals surface area contributed by atoms with Gasteiger partial charge in [0.2, 0.25) is 5.95 Å². The molecule has 1 aliphatic rings. The van der Waals surface area contributed by atoms with Gasteiger partial charge in [0.15, 0.2) is 11.6 Å². The zero-order chi connectivity index (χ0) is 21.8. The Morgan fingerprint density at radius 1 is 0.933 bits per heavy atom. The van der Waals surface area contributed by atoms with Gasteiger partial charge in [-0.3, -0.25) is 4.79 Å². The van der Waals surface area contributed by atoms with Crippen LogP contribution in [-0.4, -0.2) is 56.1 Å². The van der Waals surface area contributed by atoms with Crippen molar-refractivity contribution >= 4 is 23.5 Å². The number of carbonyl (C=O) groups excluding carboxylic acids is 1. The van der Waals surface area contributed by atoms with Crippen LogP contribution >= 0.6 is 0 Å². The van der Waals surface area contributed by atoms with E-state index >= 15 is 0 Å². The number of benzene rings is 1. The van der Waals surface area contributed by atoms with Gasteiger partial charge in [-0.05, 0) is 43.9 Å². The van der Waals surface area contributed by atoms with Gasteiger partial charge in [-0.15, -0.1) is 0 Å². The second kappa shape index (κ2) is 9.23. The lowest BCUT2D eigenvalue weighted by Gasteiger charge is -2.30. The summed E-state index contributed by atoms with van der Waals surface area (Å²) in [7, 11) is 7.68. The molecule has 0 saturated heterocycles. The first-order valence-corrected chi connectivity index (χ1v) is 9.99. The molecule has 1 fully saturated rings. The first-order valence-electron chi connectivity index (χ1n) is 9.99. The van der Waals surface area contributed by atoms with E-state index in [1.165, 1.54) is 6.07 Å². The Kier molecular flexibility index (Phi) is 6.69. The molecule has 1 amide bonds. The molecule has 1 aliphatic carbocycles. The van der Waals surface area contributed by atoms with Gasteiger partial charge < -0.3 is 20.4 Å². The number of anilines is 3. The quantitative estimate of drug-likeness (QED) is 0.751. The minimum atomic E-state index is -1.02. The van der Waals surface area contributed by atoms with E-state index in [9.17, 15) is 13.6 Å². The van der Waals surface area contributed by atoms with E-state index in [1.54, 1.807) is 0 Å². The molecule has 3 rings (SSSR count). The highest BCUT2D eigenvalue weighted by Gasteiger charge is 2.24. The minimum Gasteiger partial charge on any atom is -0.367 e. The summed E-state index contributed by atoms with van der Waals surface area (Å²) >= 11 is 0. The van der Waals surface area contributed by atoms with Crippen molar-refractivity contribution in [3.8, 4) is 0 Å². The largest absolute Gasteiger partial charge is 0.367 e. The first-order chi connectivity index (χ1) is 14.2. The van der Waals surface area contributed by atoms with Crippen LogP contribution in [0.4, 0.5) is 26.4 Å². The molecule has 0 atom stereocenters. The van der Waals surface area contributed by atoms with Crippen LogP contribution in [0, 0.1) is 11.6 Å². The zero-order valence-electron chi connectivity index (χ0n) is 17.7. The molecule has 0 spiro atoms. The normalized spacial score (nSPS) is 18.6. The maximum atomic E-state index is 13.4. The smallest absolute Gasteiger partial charge is 0.251 e. The second-order valence-electron chi connectivity index (χ2n) is 8.00. The summed E-state index contributed by atoms with van der Waals surface area (Å²) in [6.07, 6.45) is 3.31. The van der Waals surface area contributed by atoms with Crippen LogP contribution in [-0.2, 0) is 0 Å². The van der Waals surface area contributed by atoms with Crippen LogP contribution < -0.4 is 20.4 Å². The predicted octanol–water partition coefficient (Wildman–Crippen LogP) is 3.04. The molecule has 0 radical (unpaired) electrons. The van der Waals surface area contributed by atoms with Crippen molar-refractivity contribution in [3.05, 3.63) is 41.5 Å². The predicted molar refractivity (Wildman–Crippen MR) is 114 cm³/mol. The van der Waals surface area contributed by atoms with Gasteiger partial charge in [-0.1, -0.05) is 0 Å². The van der Waals surface area contributed by atoms with Gasteiger partial charge in [-0.2, -0.15) is 9.97 Å². The van der Waals surface area contributed by atoms with Gasteiger partial charge in [-0.25, -0.2) is 8.78 Å². The summed E-state index contributed by atoms with van der Waals surface area (Å²) < 4.78 is 26.4. The minimum absolute atomic E-state index is 0.00346. The fourth-order valence-corrected chi connectivity index (χ4v) is 3.42. The number of amides is 1. The maximum absolute atomic E-state index is 13.4. The van der Waals surface area contributed by atoms with Crippen LogP contribution in [0.25, 0.3) is 0 Å². The number of halogens is 2. The summed E-state index contributed by atoms with van der Waals surface area (Å²) in [5, 5.41) is 6.40. The second-order valence-corrected chi connectivity index (χ2v) is 8.00. The van der Waals surface area contributed by atoms with Crippen molar-refractivity contribution < 1.29 is 13.6 Å². The Hall–Kier alpha value is -2.97. The lowest BCUT2D eigenvalue weighted by atomic mass is 9.91. The molecule has 9 heteroatoms. The van der Waals surface area contributed by atoms with Gasteiger partial charge in [0.25, 0.3) is 5.91 Å². The summed E-state index contributed by atoms with van der Waals surface area (Å²) in [5.74, 6) is -0.133. The Morgan fingerprint density at radius 2 is 1.60 bits per heavy atom. The Balaban J connectivity index is 1.57. The molecule has 1 heterocycles. The SMILES string of the molecule is CN(C)c1cc(NC2CCC(NC(=O)c3ccc(F)c(F)c3)CC2)nc(N(C)C)n1. The van der Waals surface area contributed by atoms with E-state index in [2.05, 4.69) is 20.6 Å². The third kappa shape index (κ3) is 5.34. The van der Waals surface area contributed by atoms with Gasteiger partial charge in [0.1, 0.15) is 11.6 Å². The molecule has 162 valence electrons. The molecule has 0 bridgehead atoms. The Labute approximate surface area is 175 Å². The monoisotopic (exact) mass is 418 g/mol. The number of hydrogen-bond donors (Lipinski definition) is 2. The van der Waals surface area contributed by atoms with Crippen LogP contribution in [0.2, 0.25) is 0 Å². The van der Waals surface area contributed by atoms with Crippen molar-refractivity contribution in [2.24, 2.45) is 0 Å². The van der Waals surface area contributed by atoms with Crippen molar-refractivity contribution in [2.45, 2.75) is 37.8 Å². The number of rotatable bonds is 6. The molecular formula is C21H28F2N6O. The lowest BCUT2D eigenvalue weighted by molar-refractivity contribution is 0.0926. The van der Waals surface area contributed by atoms with Crippen molar-refractivity contribution in [3.63, 3.8) is 0 Å². The van der Waals surface area contributed by atoms with Crippen molar-refractivity contribution in [1.29, 1.82) is 0 Å². The summed E-state index contributed by atoms with van der Waals surface area (Å²) in [6, 6.07) is 5.35. The van der Waals surface area contributed by atoms with E-state index in [-0.39, 0.29) is 23.6 Å². The summed E-state index contributed by atoms with van der Waals surface area (Å²) in [4.78, 5) is 25.2. The molecule has 1 saturated carbocycles. The van der Waals surface area contributed by atoms with E-state index < -0.39 is 11.6 Å². The van der Waals surface area contributed by atoms with E-state index in [0.29, 0.717) is 5.95 Å². The highest BCUT2D eigenvalue weighted by molar-refractivity contribution is 5.94. The number of nitrogens with one attached hydrogen (secondary N) is 2. The van der Waals surface area contributed by atoms with Gasteiger partial charge in [0.05, 0.1) is 0 Å². The molecule has 2 aromatic rings. The average molecular weight is 418 g/mol. The van der Waals surface area contributed by atoms with Gasteiger partial charge in [0, 0.05) is 51.9 Å². The fraction of sp³-hybridized carbons (Fsp3) is 0.476. The molecule has 0 unspecified atom stereocenters. The molecular weight excluding hydrogens is 390 g/mol. The van der Waals surface area contributed by atoms with E-state index in [4.69, 9.17) is 0 Å². The Bertz CT molecular complexity index is 871. The third-order valence-electron chi connectivity index (χ3n) is 5.16. The van der Waals surface area contributed by atoms with Gasteiger partial charge >= 0.3 is 0 Å². The summed E-state index contributed by atoms with van der Waals surface area (Å²) in [5.41, 5.74) is 0.127. The number of hydrogen-bond acceptors (Lipinski definition) is 6. The summed E-state index contributed by atoms with van der Waals surface area (Å²) in [6.45, 7) is 0. The number of carbonyl (C=O) groups is 1. The average Bonchev–Trinajstić information content (AvgIpc) is 2.71. The van der Waals surface area contributed by atoms with Crippen LogP contribution in [0.3, 0.4) is 0 Å². The lowest BCUT2D eigenvalue weighted by Crippen LogP contribution is -2.40. The molecule has 2 N–H and O–H groups in total. The molecule has 0 aliphatic heterocycles. The highest BCUT2D eigenvalue weighted by Crippen LogP contribution is 2.24. The van der Waals surface area contributed by atoms with Crippen molar-refractivity contribution in [2.75, 3.05) is 43.3 Å². The molecule has 7 nitrogen and oxygen atoms in total. The fourth-order valence-electron chi connectivity index (χ4n) is 3.42. The van der Waals surface area contributed by atoms with Crippen LogP contribution in [0.15, 0.2) is 24.3 Å². The third-order valence-corrected chi connectivity index (χ3v) is 5.16. The maximum Gasteiger partial charge on any atom is 0.251 e. The zero-order valence-corrected chi connectivity index (χ0v) is 17.7. The number of aromatic nitrogens is 2. The molecule has 1 aromatic carbocycles. The van der Waals surface area contributed by atoms with Crippen LogP contribution in [0.5, 0.6) is 0 Å². The van der Waals surface area contributed by atoms with E-state index in [1.807, 2.05) is 44.1 Å². The molecule has 30 heavy (non-hydrogen) atoms. The number of nitrogens with zero attached hydrogens (tertiary/aromatic N) is 4. The molecule has 1 aromatic heterocycles. The van der Waals surface area contributed by atoms with Crippen molar-refractivity contribution in [1.82, 2.24) is 15.3 Å². The first kappa shape index (κ1) is 21.7.